The van der Waals surface area contributed by atoms with Crippen LogP contribution in [0.4, 0.5) is 0 Å². The monoisotopic (exact) mass is 187 g/mol. The molecule has 0 amide bonds. The third kappa shape index (κ3) is 3.82. The van der Waals surface area contributed by atoms with Crippen molar-refractivity contribution in [1.29, 1.82) is 0 Å². The van der Waals surface area contributed by atoms with E-state index in [0.29, 0.717) is 13.2 Å². The van der Waals surface area contributed by atoms with Crippen molar-refractivity contribution in [3.8, 4) is 0 Å². The highest BCUT2D eigenvalue weighted by molar-refractivity contribution is 7.07. The minimum atomic E-state index is 0.584. The molecule has 0 aliphatic carbocycles. The largest absolute Gasteiger partial charge is 0.382 e. The van der Waals surface area contributed by atoms with E-state index in [4.69, 9.17) is 9.57 Å². The van der Waals surface area contributed by atoms with Gasteiger partial charge in [0.05, 0.1) is 13.2 Å². The summed E-state index contributed by atoms with van der Waals surface area (Å²) < 4.78 is 4.82. The lowest BCUT2D eigenvalue weighted by Gasteiger charge is -2.02. The SMILES string of the molecule is COCCONCc1ccsc1. The predicted octanol–water partition coefficient (Wildman–Crippen LogP) is 1.42. The molecular formula is C8H13NO2S. The number of hydrogen-bond donors (Lipinski definition) is 1. The van der Waals surface area contributed by atoms with Gasteiger partial charge in [0, 0.05) is 13.7 Å². The maximum Gasteiger partial charge on any atom is 0.0916 e. The molecular weight excluding hydrogens is 174 g/mol. The lowest BCUT2D eigenvalue weighted by molar-refractivity contribution is 0.00351. The van der Waals surface area contributed by atoms with Crippen LogP contribution in [0, 0.1) is 0 Å². The van der Waals surface area contributed by atoms with Crippen LogP contribution in [-0.2, 0) is 16.1 Å². The summed E-state index contributed by atoms with van der Waals surface area (Å²) >= 11 is 1.69. The number of thiophene rings is 1. The normalized spacial score (nSPS) is 10.4. The molecule has 1 heterocycles. The van der Waals surface area contributed by atoms with E-state index in [1.54, 1.807) is 18.4 Å². The molecule has 0 saturated carbocycles. The van der Waals surface area contributed by atoms with Crippen molar-refractivity contribution in [2.24, 2.45) is 0 Å². The highest BCUT2D eigenvalue weighted by Crippen LogP contribution is 2.04. The number of hydrogen-bond acceptors (Lipinski definition) is 4. The Balaban J connectivity index is 1.96. The maximum absolute atomic E-state index is 5.08. The molecule has 0 saturated heterocycles. The molecule has 0 atom stereocenters. The second kappa shape index (κ2) is 6.14. The van der Waals surface area contributed by atoms with Crippen molar-refractivity contribution in [2.75, 3.05) is 20.3 Å². The van der Waals surface area contributed by atoms with Gasteiger partial charge in [-0.1, -0.05) is 0 Å². The summed E-state index contributed by atoms with van der Waals surface area (Å²) in [5.74, 6) is 0. The van der Waals surface area contributed by atoms with Gasteiger partial charge >= 0.3 is 0 Å². The Morgan fingerprint density at radius 2 is 2.42 bits per heavy atom. The summed E-state index contributed by atoms with van der Waals surface area (Å²) in [6.07, 6.45) is 0. The number of nitrogens with one attached hydrogen (secondary N) is 1. The van der Waals surface area contributed by atoms with E-state index in [-0.39, 0.29) is 0 Å². The summed E-state index contributed by atoms with van der Waals surface area (Å²) in [4.78, 5) is 5.08. The third-order valence-corrected chi connectivity index (χ3v) is 2.08. The molecule has 1 N–H and O–H groups in total. The lowest BCUT2D eigenvalue weighted by atomic mass is 10.4. The zero-order chi connectivity index (χ0) is 8.65. The standard InChI is InChI=1S/C8H13NO2S/c1-10-3-4-11-9-6-8-2-5-12-7-8/h2,5,7,9H,3-4,6H2,1H3. The van der Waals surface area contributed by atoms with Gasteiger partial charge in [0.25, 0.3) is 0 Å². The summed E-state index contributed by atoms with van der Waals surface area (Å²) in [5, 5.41) is 4.14. The zero-order valence-electron chi connectivity index (χ0n) is 7.08. The Hall–Kier alpha value is -0.420. The number of hydroxylamine groups is 1. The van der Waals surface area contributed by atoms with Crippen LogP contribution >= 0.6 is 11.3 Å². The van der Waals surface area contributed by atoms with Crippen LogP contribution in [0.1, 0.15) is 5.56 Å². The minimum Gasteiger partial charge on any atom is -0.382 e. The van der Waals surface area contributed by atoms with Crippen LogP contribution < -0.4 is 5.48 Å². The molecule has 0 aliphatic rings. The number of methoxy groups -OCH3 is 1. The molecule has 68 valence electrons. The van der Waals surface area contributed by atoms with Gasteiger partial charge in [0.15, 0.2) is 0 Å². The van der Waals surface area contributed by atoms with Crippen LogP contribution in [0.3, 0.4) is 0 Å². The van der Waals surface area contributed by atoms with E-state index in [9.17, 15) is 0 Å². The van der Waals surface area contributed by atoms with Crippen LogP contribution in [0.2, 0.25) is 0 Å². The fourth-order valence-corrected chi connectivity index (χ4v) is 1.39. The third-order valence-electron chi connectivity index (χ3n) is 1.35. The van der Waals surface area contributed by atoms with Gasteiger partial charge in [0.2, 0.25) is 0 Å². The highest BCUT2D eigenvalue weighted by Gasteiger charge is 1.91. The van der Waals surface area contributed by atoms with Crippen molar-refractivity contribution in [3.05, 3.63) is 22.4 Å². The molecule has 0 fully saturated rings. The van der Waals surface area contributed by atoms with E-state index in [1.165, 1.54) is 5.56 Å². The fraction of sp³-hybridized carbons (Fsp3) is 0.500. The van der Waals surface area contributed by atoms with E-state index in [1.807, 2.05) is 5.38 Å². The second-order valence-corrected chi connectivity index (χ2v) is 3.07. The smallest absolute Gasteiger partial charge is 0.0916 e. The average molecular weight is 187 g/mol. The first kappa shape index (κ1) is 9.67. The van der Waals surface area contributed by atoms with Crippen LogP contribution in [0.5, 0.6) is 0 Å². The molecule has 0 radical (unpaired) electrons. The molecule has 1 rings (SSSR count). The first-order valence-corrected chi connectivity index (χ1v) is 4.72. The first-order chi connectivity index (χ1) is 5.93. The van der Waals surface area contributed by atoms with Crippen molar-refractivity contribution >= 4 is 11.3 Å². The minimum absolute atomic E-state index is 0.584. The predicted molar refractivity (Wildman–Crippen MR) is 49.0 cm³/mol. The molecule has 1 aromatic heterocycles. The van der Waals surface area contributed by atoms with E-state index < -0.39 is 0 Å². The molecule has 0 spiro atoms. The maximum atomic E-state index is 5.08. The Kier molecular flexibility index (Phi) is 4.94. The van der Waals surface area contributed by atoms with E-state index >= 15 is 0 Å². The lowest BCUT2D eigenvalue weighted by Crippen LogP contribution is -2.16. The summed E-state index contributed by atoms with van der Waals surface area (Å²) in [6, 6.07) is 2.07. The van der Waals surface area contributed by atoms with Crippen molar-refractivity contribution < 1.29 is 9.57 Å². The van der Waals surface area contributed by atoms with E-state index in [2.05, 4.69) is 16.9 Å². The molecule has 0 bridgehead atoms. The topological polar surface area (TPSA) is 30.5 Å². The molecule has 0 aliphatic heterocycles. The quantitative estimate of drug-likeness (QED) is 0.539. The number of rotatable bonds is 6. The Morgan fingerprint density at radius 1 is 1.50 bits per heavy atom. The first-order valence-electron chi connectivity index (χ1n) is 3.78. The van der Waals surface area contributed by atoms with Gasteiger partial charge in [-0.3, -0.25) is 4.84 Å². The molecule has 0 aromatic carbocycles. The highest BCUT2D eigenvalue weighted by atomic mass is 32.1. The molecule has 4 heteroatoms. The Labute approximate surface area is 76.3 Å². The van der Waals surface area contributed by atoms with Gasteiger partial charge in [-0.2, -0.15) is 16.8 Å². The van der Waals surface area contributed by atoms with Gasteiger partial charge in [-0.25, -0.2) is 0 Å². The average Bonchev–Trinajstić information content (AvgIpc) is 2.57. The van der Waals surface area contributed by atoms with Gasteiger partial charge in [0.1, 0.15) is 0 Å². The number of ether oxygens (including phenoxy) is 1. The van der Waals surface area contributed by atoms with Crippen LogP contribution in [0.25, 0.3) is 0 Å². The van der Waals surface area contributed by atoms with Crippen LogP contribution in [0.15, 0.2) is 16.8 Å². The summed E-state index contributed by atoms with van der Waals surface area (Å²) in [7, 11) is 1.65. The van der Waals surface area contributed by atoms with Crippen molar-refractivity contribution in [2.45, 2.75) is 6.54 Å². The van der Waals surface area contributed by atoms with Crippen molar-refractivity contribution in [1.82, 2.24) is 5.48 Å². The second-order valence-electron chi connectivity index (χ2n) is 2.29. The molecule has 12 heavy (non-hydrogen) atoms. The summed E-state index contributed by atoms with van der Waals surface area (Å²) in [5.41, 5.74) is 4.10. The van der Waals surface area contributed by atoms with E-state index in [0.717, 1.165) is 6.54 Å². The van der Waals surface area contributed by atoms with Gasteiger partial charge < -0.3 is 4.74 Å². The molecule has 3 nitrogen and oxygen atoms in total. The molecule has 1 aromatic rings. The van der Waals surface area contributed by atoms with Crippen molar-refractivity contribution in [3.63, 3.8) is 0 Å². The van der Waals surface area contributed by atoms with Crippen LogP contribution in [-0.4, -0.2) is 20.3 Å². The van der Waals surface area contributed by atoms with Gasteiger partial charge in [-0.05, 0) is 22.4 Å². The Bertz CT molecular complexity index is 189. The Morgan fingerprint density at radius 3 is 3.08 bits per heavy atom. The molecule has 0 unspecified atom stereocenters. The zero-order valence-corrected chi connectivity index (χ0v) is 7.89. The van der Waals surface area contributed by atoms with Gasteiger partial charge in [-0.15, -0.1) is 0 Å². The summed E-state index contributed by atoms with van der Waals surface area (Å²) in [6.45, 7) is 1.96. The fourth-order valence-electron chi connectivity index (χ4n) is 0.725.